The fourth-order valence-electron chi connectivity index (χ4n) is 3.18. The molecule has 0 N–H and O–H groups in total. The Morgan fingerprint density at radius 3 is 2.52 bits per heavy atom. The second-order valence-corrected chi connectivity index (χ2v) is 7.81. The van der Waals surface area contributed by atoms with Crippen LogP contribution in [0.5, 0.6) is 0 Å². The van der Waals surface area contributed by atoms with E-state index in [4.69, 9.17) is 4.74 Å². The second-order valence-electron chi connectivity index (χ2n) is 5.87. The van der Waals surface area contributed by atoms with E-state index in [2.05, 4.69) is 0 Å². The molecular formula is C16H22N2O4S. The van der Waals surface area contributed by atoms with Crippen molar-refractivity contribution in [1.82, 2.24) is 9.21 Å². The first kappa shape index (κ1) is 16.3. The van der Waals surface area contributed by atoms with Crippen LogP contribution < -0.4 is 0 Å². The Kier molecular flexibility index (Phi) is 4.59. The Balaban J connectivity index is 1.71. The maximum Gasteiger partial charge on any atom is 0.409 e. The molecule has 7 heteroatoms. The molecule has 1 amide bonds. The highest BCUT2D eigenvalue weighted by Gasteiger charge is 2.31. The first-order chi connectivity index (χ1) is 11.0. The summed E-state index contributed by atoms with van der Waals surface area (Å²) >= 11 is 0. The minimum absolute atomic E-state index is 0.304. The third-order valence-electron chi connectivity index (χ3n) is 4.47. The van der Waals surface area contributed by atoms with Crippen LogP contribution in [0.15, 0.2) is 23.1 Å². The van der Waals surface area contributed by atoms with Crippen LogP contribution in [-0.2, 0) is 27.6 Å². The van der Waals surface area contributed by atoms with Gasteiger partial charge in [0.25, 0.3) is 0 Å². The Hall–Kier alpha value is -1.60. The van der Waals surface area contributed by atoms with E-state index in [1.54, 1.807) is 17.9 Å². The van der Waals surface area contributed by atoms with E-state index in [0.717, 1.165) is 24.8 Å². The predicted octanol–water partition coefficient (Wildman–Crippen LogP) is 1.64. The Morgan fingerprint density at radius 1 is 1.13 bits per heavy atom. The van der Waals surface area contributed by atoms with Crippen LogP contribution in [0.3, 0.4) is 0 Å². The van der Waals surface area contributed by atoms with E-state index in [-0.39, 0.29) is 6.09 Å². The highest BCUT2D eigenvalue weighted by atomic mass is 32.2. The standard InChI is InChI=1S/C16H22N2O4S/c1-2-22-16(19)17-8-10-18(11-9-17)23(20,21)15-7-6-13-4-3-5-14(13)12-15/h6-7,12H,2-5,8-11H2,1H3. The molecule has 1 fully saturated rings. The van der Waals surface area contributed by atoms with Crippen molar-refractivity contribution in [2.75, 3.05) is 32.8 Å². The van der Waals surface area contributed by atoms with E-state index in [1.165, 1.54) is 9.87 Å². The number of carbonyl (C=O) groups excluding carboxylic acids is 1. The molecule has 1 aromatic carbocycles. The van der Waals surface area contributed by atoms with Gasteiger partial charge in [-0.3, -0.25) is 0 Å². The third kappa shape index (κ3) is 3.21. The number of nitrogens with zero attached hydrogens (tertiary/aromatic N) is 2. The topological polar surface area (TPSA) is 66.9 Å². The summed E-state index contributed by atoms with van der Waals surface area (Å²) in [6.07, 6.45) is 2.71. The molecule has 0 aromatic heterocycles. The highest BCUT2D eigenvalue weighted by molar-refractivity contribution is 7.89. The molecule has 6 nitrogen and oxygen atoms in total. The normalized spacial score (nSPS) is 18.7. The molecule has 23 heavy (non-hydrogen) atoms. The van der Waals surface area contributed by atoms with Crippen molar-refractivity contribution in [2.45, 2.75) is 31.1 Å². The minimum atomic E-state index is -3.49. The number of hydrogen-bond acceptors (Lipinski definition) is 4. The third-order valence-corrected chi connectivity index (χ3v) is 6.37. The quantitative estimate of drug-likeness (QED) is 0.840. The molecule has 1 saturated heterocycles. The van der Waals surface area contributed by atoms with Crippen molar-refractivity contribution in [2.24, 2.45) is 0 Å². The van der Waals surface area contributed by atoms with Crippen molar-refractivity contribution in [3.8, 4) is 0 Å². The van der Waals surface area contributed by atoms with Gasteiger partial charge in [-0.25, -0.2) is 13.2 Å². The van der Waals surface area contributed by atoms with Crippen LogP contribution in [0.2, 0.25) is 0 Å². The molecule has 0 saturated carbocycles. The maximum absolute atomic E-state index is 12.8. The number of fused-ring (bicyclic) bond motifs is 1. The molecule has 0 spiro atoms. The SMILES string of the molecule is CCOC(=O)N1CCN(S(=O)(=O)c2ccc3c(c2)CCC3)CC1. The zero-order valence-electron chi connectivity index (χ0n) is 13.3. The van der Waals surface area contributed by atoms with Gasteiger partial charge in [-0.1, -0.05) is 6.07 Å². The number of amides is 1. The van der Waals surface area contributed by atoms with Crippen LogP contribution in [-0.4, -0.2) is 56.5 Å². The predicted molar refractivity (Wildman–Crippen MR) is 85.8 cm³/mol. The van der Waals surface area contributed by atoms with Gasteiger partial charge in [0.05, 0.1) is 11.5 Å². The van der Waals surface area contributed by atoms with Crippen LogP contribution in [0.1, 0.15) is 24.5 Å². The highest BCUT2D eigenvalue weighted by Crippen LogP contribution is 2.26. The number of piperazine rings is 1. The van der Waals surface area contributed by atoms with Gasteiger partial charge >= 0.3 is 6.09 Å². The summed E-state index contributed by atoms with van der Waals surface area (Å²) in [6, 6.07) is 5.46. The lowest BCUT2D eigenvalue weighted by molar-refractivity contribution is 0.0934. The molecule has 0 atom stereocenters. The molecule has 1 aliphatic carbocycles. The molecule has 0 radical (unpaired) electrons. The van der Waals surface area contributed by atoms with Crippen LogP contribution in [0.25, 0.3) is 0 Å². The smallest absolute Gasteiger partial charge is 0.409 e. The number of carbonyl (C=O) groups is 1. The molecule has 0 bridgehead atoms. The Labute approximate surface area is 137 Å². The zero-order valence-corrected chi connectivity index (χ0v) is 14.1. The Morgan fingerprint density at radius 2 is 1.83 bits per heavy atom. The van der Waals surface area contributed by atoms with Crippen molar-refractivity contribution < 1.29 is 17.9 Å². The van der Waals surface area contributed by atoms with E-state index in [0.29, 0.717) is 37.7 Å². The zero-order chi connectivity index (χ0) is 16.4. The van der Waals surface area contributed by atoms with Crippen molar-refractivity contribution in [3.63, 3.8) is 0 Å². The molecule has 126 valence electrons. The summed E-state index contributed by atoms with van der Waals surface area (Å²) in [7, 11) is -3.49. The lowest BCUT2D eigenvalue weighted by atomic mass is 10.1. The van der Waals surface area contributed by atoms with Crippen molar-refractivity contribution in [1.29, 1.82) is 0 Å². The van der Waals surface area contributed by atoms with Gasteiger partial charge in [0.1, 0.15) is 0 Å². The maximum atomic E-state index is 12.8. The summed E-state index contributed by atoms with van der Waals surface area (Å²) in [5, 5.41) is 0. The van der Waals surface area contributed by atoms with Gasteiger partial charge < -0.3 is 9.64 Å². The average molecular weight is 338 g/mol. The van der Waals surface area contributed by atoms with Gasteiger partial charge in [0.2, 0.25) is 10.0 Å². The number of benzene rings is 1. The lowest BCUT2D eigenvalue weighted by Crippen LogP contribution is -2.50. The average Bonchev–Trinajstić information content (AvgIpc) is 3.03. The van der Waals surface area contributed by atoms with Crippen LogP contribution in [0, 0.1) is 0 Å². The summed E-state index contributed by atoms with van der Waals surface area (Å²) in [5.74, 6) is 0. The minimum Gasteiger partial charge on any atom is -0.450 e. The largest absolute Gasteiger partial charge is 0.450 e. The van der Waals surface area contributed by atoms with Crippen LogP contribution >= 0.6 is 0 Å². The van der Waals surface area contributed by atoms with Gasteiger partial charge in [-0.05, 0) is 49.4 Å². The molecule has 1 heterocycles. The lowest BCUT2D eigenvalue weighted by Gasteiger charge is -2.33. The fourth-order valence-corrected chi connectivity index (χ4v) is 4.66. The van der Waals surface area contributed by atoms with Gasteiger partial charge in [-0.2, -0.15) is 4.31 Å². The van der Waals surface area contributed by atoms with E-state index in [1.807, 2.05) is 12.1 Å². The summed E-state index contributed by atoms with van der Waals surface area (Å²) in [4.78, 5) is 13.6. The molecule has 3 rings (SSSR count). The van der Waals surface area contributed by atoms with Crippen molar-refractivity contribution in [3.05, 3.63) is 29.3 Å². The fraction of sp³-hybridized carbons (Fsp3) is 0.562. The van der Waals surface area contributed by atoms with Gasteiger partial charge in [0.15, 0.2) is 0 Å². The number of ether oxygens (including phenoxy) is 1. The van der Waals surface area contributed by atoms with Crippen molar-refractivity contribution >= 4 is 16.1 Å². The summed E-state index contributed by atoms with van der Waals surface area (Å²) in [5.41, 5.74) is 2.41. The van der Waals surface area contributed by atoms with E-state index in [9.17, 15) is 13.2 Å². The van der Waals surface area contributed by atoms with E-state index < -0.39 is 10.0 Å². The first-order valence-electron chi connectivity index (χ1n) is 8.06. The second kappa shape index (κ2) is 6.49. The molecule has 1 aromatic rings. The molecule has 1 aliphatic heterocycles. The summed E-state index contributed by atoms with van der Waals surface area (Å²) in [6.45, 7) is 3.42. The summed E-state index contributed by atoms with van der Waals surface area (Å²) < 4.78 is 32.0. The monoisotopic (exact) mass is 338 g/mol. The molecular weight excluding hydrogens is 316 g/mol. The first-order valence-corrected chi connectivity index (χ1v) is 9.50. The molecule has 2 aliphatic rings. The van der Waals surface area contributed by atoms with Crippen LogP contribution in [0.4, 0.5) is 4.79 Å². The Bertz CT molecular complexity index is 694. The molecule has 0 unspecified atom stereocenters. The number of hydrogen-bond donors (Lipinski definition) is 0. The van der Waals surface area contributed by atoms with Gasteiger partial charge in [-0.15, -0.1) is 0 Å². The number of sulfonamides is 1. The number of rotatable bonds is 3. The van der Waals surface area contributed by atoms with Gasteiger partial charge in [0, 0.05) is 26.2 Å². The number of aryl methyl sites for hydroxylation is 2. The van der Waals surface area contributed by atoms with E-state index >= 15 is 0 Å².